The van der Waals surface area contributed by atoms with Gasteiger partial charge in [-0.1, -0.05) is 28.1 Å². The molecule has 0 aromatic heterocycles. The molecule has 1 saturated heterocycles. The van der Waals surface area contributed by atoms with Crippen LogP contribution in [0.5, 0.6) is 0 Å². The quantitative estimate of drug-likeness (QED) is 0.774. The van der Waals surface area contributed by atoms with Gasteiger partial charge in [-0.2, -0.15) is 0 Å². The van der Waals surface area contributed by atoms with Crippen LogP contribution in [-0.4, -0.2) is 18.3 Å². The van der Waals surface area contributed by atoms with Crippen LogP contribution in [-0.2, 0) is 9.31 Å². The van der Waals surface area contributed by atoms with E-state index < -0.39 is 0 Å². The molecule has 0 spiro atoms. The summed E-state index contributed by atoms with van der Waals surface area (Å²) in [6, 6.07) is 6.57. The first-order valence-electron chi connectivity index (χ1n) is 6.95. The molecule has 2 nitrogen and oxygen atoms in total. The Morgan fingerprint density at radius 2 is 1.68 bits per heavy atom. The maximum absolute atomic E-state index is 6.09. The Hall–Kier alpha value is -0.315. The molecule has 102 valence electrons. The minimum absolute atomic E-state index is 0.285. The fourth-order valence-electron chi connectivity index (χ4n) is 2.38. The zero-order valence-electron chi connectivity index (χ0n) is 12.0. The SMILES string of the molecule is CC1(C)OB(c2ccc(C3CC3)cc2Br)OC1(C)C. The molecular formula is C15H20BBrO2. The van der Waals surface area contributed by atoms with Gasteiger partial charge in [0.1, 0.15) is 0 Å². The van der Waals surface area contributed by atoms with Gasteiger partial charge in [0.15, 0.2) is 0 Å². The van der Waals surface area contributed by atoms with Crippen LogP contribution in [0.2, 0.25) is 0 Å². The van der Waals surface area contributed by atoms with Gasteiger partial charge < -0.3 is 9.31 Å². The second-order valence-electron chi connectivity index (χ2n) is 6.64. The summed E-state index contributed by atoms with van der Waals surface area (Å²) in [5.41, 5.74) is 1.94. The van der Waals surface area contributed by atoms with Crippen LogP contribution < -0.4 is 5.46 Å². The van der Waals surface area contributed by atoms with Crippen molar-refractivity contribution in [3.05, 3.63) is 28.2 Å². The van der Waals surface area contributed by atoms with Crippen molar-refractivity contribution in [3.63, 3.8) is 0 Å². The molecule has 1 heterocycles. The average Bonchev–Trinajstić information content (AvgIpc) is 3.07. The molecule has 1 aliphatic carbocycles. The van der Waals surface area contributed by atoms with Crippen molar-refractivity contribution in [2.75, 3.05) is 0 Å². The Morgan fingerprint density at radius 3 is 2.16 bits per heavy atom. The first-order chi connectivity index (χ1) is 8.80. The number of hydrogen-bond donors (Lipinski definition) is 0. The van der Waals surface area contributed by atoms with E-state index in [0.717, 1.165) is 15.9 Å². The summed E-state index contributed by atoms with van der Waals surface area (Å²) in [5.74, 6) is 0.767. The molecule has 1 aliphatic heterocycles. The van der Waals surface area contributed by atoms with Crippen LogP contribution in [0.1, 0.15) is 52.0 Å². The lowest BCUT2D eigenvalue weighted by Crippen LogP contribution is -2.41. The van der Waals surface area contributed by atoms with Crippen molar-refractivity contribution < 1.29 is 9.31 Å². The van der Waals surface area contributed by atoms with E-state index >= 15 is 0 Å². The molecule has 0 atom stereocenters. The van der Waals surface area contributed by atoms with Crippen molar-refractivity contribution >= 4 is 28.5 Å². The maximum Gasteiger partial charge on any atom is 0.495 e. The van der Waals surface area contributed by atoms with E-state index in [9.17, 15) is 0 Å². The van der Waals surface area contributed by atoms with E-state index in [-0.39, 0.29) is 18.3 Å². The van der Waals surface area contributed by atoms with Crippen LogP contribution in [0.25, 0.3) is 0 Å². The van der Waals surface area contributed by atoms with E-state index in [1.165, 1.54) is 18.4 Å². The van der Waals surface area contributed by atoms with Gasteiger partial charge in [0, 0.05) is 4.47 Å². The highest BCUT2D eigenvalue weighted by molar-refractivity contribution is 9.10. The highest BCUT2D eigenvalue weighted by Gasteiger charge is 2.52. The third kappa shape index (κ3) is 2.39. The molecule has 0 unspecified atom stereocenters. The molecule has 0 N–H and O–H groups in total. The summed E-state index contributed by atoms with van der Waals surface area (Å²) in [4.78, 5) is 0. The fraction of sp³-hybridized carbons (Fsp3) is 0.600. The average molecular weight is 323 g/mol. The molecule has 3 rings (SSSR count). The van der Waals surface area contributed by atoms with Gasteiger partial charge in [-0.25, -0.2) is 0 Å². The monoisotopic (exact) mass is 322 g/mol. The van der Waals surface area contributed by atoms with Gasteiger partial charge in [0.25, 0.3) is 0 Å². The Balaban J connectivity index is 1.87. The minimum atomic E-state index is -0.285. The summed E-state index contributed by atoms with van der Waals surface area (Å²) < 4.78 is 13.3. The largest absolute Gasteiger partial charge is 0.495 e. The molecule has 1 aromatic carbocycles. The minimum Gasteiger partial charge on any atom is -0.399 e. The third-order valence-electron chi connectivity index (χ3n) is 4.58. The number of rotatable bonds is 2. The van der Waals surface area contributed by atoms with Crippen LogP contribution in [0.15, 0.2) is 22.7 Å². The normalized spacial score (nSPS) is 24.8. The Labute approximate surface area is 124 Å². The van der Waals surface area contributed by atoms with Gasteiger partial charge in [-0.05, 0) is 63.5 Å². The summed E-state index contributed by atoms with van der Waals surface area (Å²) in [6.07, 6.45) is 2.64. The van der Waals surface area contributed by atoms with Crippen molar-refractivity contribution in [2.45, 2.75) is 57.7 Å². The van der Waals surface area contributed by atoms with Gasteiger partial charge in [0.2, 0.25) is 0 Å². The zero-order valence-corrected chi connectivity index (χ0v) is 13.6. The second-order valence-corrected chi connectivity index (χ2v) is 7.50. The summed E-state index contributed by atoms with van der Waals surface area (Å²) >= 11 is 3.67. The van der Waals surface area contributed by atoms with E-state index in [4.69, 9.17) is 9.31 Å². The Kier molecular flexibility index (Phi) is 3.12. The van der Waals surface area contributed by atoms with Gasteiger partial charge in [-0.3, -0.25) is 0 Å². The lowest BCUT2D eigenvalue weighted by atomic mass is 9.78. The van der Waals surface area contributed by atoms with Crippen molar-refractivity contribution in [1.82, 2.24) is 0 Å². The molecule has 19 heavy (non-hydrogen) atoms. The van der Waals surface area contributed by atoms with Crippen LogP contribution in [0, 0.1) is 0 Å². The summed E-state index contributed by atoms with van der Waals surface area (Å²) in [6.45, 7) is 8.33. The molecule has 2 fully saturated rings. The molecular weight excluding hydrogens is 303 g/mol. The first kappa shape index (κ1) is 13.7. The smallest absolute Gasteiger partial charge is 0.399 e. The van der Waals surface area contributed by atoms with Crippen molar-refractivity contribution in [2.24, 2.45) is 0 Å². The van der Waals surface area contributed by atoms with Crippen molar-refractivity contribution in [1.29, 1.82) is 0 Å². The predicted octanol–water partition coefficient (Wildman–Crippen LogP) is 3.63. The Morgan fingerprint density at radius 1 is 1.11 bits per heavy atom. The number of halogens is 1. The number of benzene rings is 1. The van der Waals surface area contributed by atoms with Crippen LogP contribution >= 0.6 is 15.9 Å². The topological polar surface area (TPSA) is 18.5 Å². The molecule has 2 aliphatic rings. The highest BCUT2D eigenvalue weighted by Crippen LogP contribution is 2.41. The zero-order chi connectivity index (χ0) is 13.8. The Bertz CT molecular complexity index is 493. The molecule has 0 bridgehead atoms. The number of hydrogen-bond acceptors (Lipinski definition) is 2. The summed E-state index contributed by atoms with van der Waals surface area (Å²) in [7, 11) is -0.285. The third-order valence-corrected chi connectivity index (χ3v) is 5.27. The lowest BCUT2D eigenvalue weighted by Gasteiger charge is -2.32. The van der Waals surface area contributed by atoms with E-state index in [1.807, 2.05) is 0 Å². The fourth-order valence-corrected chi connectivity index (χ4v) is 2.96. The van der Waals surface area contributed by atoms with E-state index in [2.05, 4.69) is 61.8 Å². The first-order valence-corrected chi connectivity index (χ1v) is 7.74. The van der Waals surface area contributed by atoms with Gasteiger partial charge >= 0.3 is 7.12 Å². The second kappa shape index (κ2) is 4.34. The standard InChI is InChI=1S/C15H20BBrO2/c1-14(2)15(3,4)19-16(18-14)12-8-7-11(9-13(12)17)10-5-6-10/h7-10H,5-6H2,1-4H3. The molecule has 4 heteroatoms. The predicted molar refractivity (Wildman–Crippen MR) is 81.8 cm³/mol. The van der Waals surface area contributed by atoms with Crippen LogP contribution in [0.4, 0.5) is 0 Å². The molecule has 0 radical (unpaired) electrons. The van der Waals surface area contributed by atoms with Crippen molar-refractivity contribution in [3.8, 4) is 0 Å². The molecule has 0 amide bonds. The lowest BCUT2D eigenvalue weighted by molar-refractivity contribution is 0.00578. The van der Waals surface area contributed by atoms with Crippen LogP contribution in [0.3, 0.4) is 0 Å². The van der Waals surface area contributed by atoms with E-state index in [0.29, 0.717) is 0 Å². The maximum atomic E-state index is 6.09. The molecule has 1 aromatic rings. The van der Waals surface area contributed by atoms with Gasteiger partial charge in [-0.15, -0.1) is 0 Å². The molecule has 1 saturated carbocycles. The highest BCUT2D eigenvalue weighted by atomic mass is 79.9. The van der Waals surface area contributed by atoms with Gasteiger partial charge in [0.05, 0.1) is 11.2 Å². The summed E-state index contributed by atoms with van der Waals surface area (Å²) in [5, 5.41) is 0. The van der Waals surface area contributed by atoms with E-state index in [1.54, 1.807) is 0 Å².